The number of fused-ring (bicyclic) bond motifs is 1. The van der Waals surface area contributed by atoms with Crippen LogP contribution in [0.4, 0.5) is 0 Å². The molecule has 2 heterocycles. The summed E-state index contributed by atoms with van der Waals surface area (Å²) in [5.41, 5.74) is 3.00. The number of carbonyl (C=O) groups excluding carboxylic acids is 1. The Hall–Kier alpha value is -2.67. The summed E-state index contributed by atoms with van der Waals surface area (Å²) in [7, 11) is -3.24. The summed E-state index contributed by atoms with van der Waals surface area (Å²) in [6, 6.07) is 10.2. The van der Waals surface area contributed by atoms with Crippen molar-refractivity contribution in [3.63, 3.8) is 0 Å². The summed E-state index contributed by atoms with van der Waals surface area (Å²) >= 11 is 0. The fourth-order valence-electron chi connectivity index (χ4n) is 2.81. The van der Waals surface area contributed by atoms with Gasteiger partial charge in [-0.25, -0.2) is 13.4 Å². The molecule has 7 heteroatoms. The number of sulfone groups is 1. The quantitative estimate of drug-likeness (QED) is 0.748. The second-order valence-electron chi connectivity index (χ2n) is 6.37. The van der Waals surface area contributed by atoms with E-state index in [1.807, 2.05) is 36.6 Å². The van der Waals surface area contributed by atoms with Gasteiger partial charge in [-0.2, -0.15) is 0 Å². The lowest BCUT2D eigenvalue weighted by Crippen LogP contribution is -2.28. The van der Waals surface area contributed by atoms with Crippen molar-refractivity contribution in [1.82, 2.24) is 14.7 Å². The topological polar surface area (TPSA) is 80.5 Å². The molecule has 136 valence electrons. The van der Waals surface area contributed by atoms with Gasteiger partial charge in [0.2, 0.25) is 0 Å². The lowest BCUT2D eigenvalue weighted by Gasteiger charge is -2.17. The molecule has 1 amide bonds. The second kappa shape index (κ2) is 6.92. The smallest absolute Gasteiger partial charge is 0.271 e. The van der Waals surface area contributed by atoms with Crippen LogP contribution >= 0.6 is 0 Å². The molecule has 0 spiro atoms. The van der Waals surface area contributed by atoms with Crippen molar-refractivity contribution in [3.05, 3.63) is 65.6 Å². The molecule has 1 N–H and O–H groups in total. The van der Waals surface area contributed by atoms with Crippen LogP contribution in [-0.4, -0.2) is 30.0 Å². The van der Waals surface area contributed by atoms with Gasteiger partial charge in [0, 0.05) is 18.6 Å². The normalized spacial score (nSPS) is 12.9. The minimum Gasteiger partial charge on any atom is -0.344 e. The minimum absolute atomic E-state index is 0.220. The van der Waals surface area contributed by atoms with Gasteiger partial charge in [0.05, 0.1) is 10.9 Å². The summed E-state index contributed by atoms with van der Waals surface area (Å²) in [5.74, 6) is -0.259. The molecule has 3 aromatic rings. The largest absolute Gasteiger partial charge is 0.344 e. The van der Waals surface area contributed by atoms with Crippen LogP contribution in [0.2, 0.25) is 0 Å². The first-order chi connectivity index (χ1) is 12.3. The third-order valence-electron chi connectivity index (χ3n) is 4.26. The van der Waals surface area contributed by atoms with E-state index in [9.17, 15) is 13.2 Å². The SMILES string of the molecule is CC[C@H](NC(=O)c1cn2cc(C)ccc2n1)c1ccc(S(C)(=O)=O)cc1. The summed E-state index contributed by atoms with van der Waals surface area (Å²) in [5, 5.41) is 2.97. The maximum atomic E-state index is 12.6. The Morgan fingerprint density at radius 2 is 1.85 bits per heavy atom. The van der Waals surface area contributed by atoms with Gasteiger partial charge in [0.25, 0.3) is 5.91 Å². The van der Waals surface area contributed by atoms with Gasteiger partial charge in [0.1, 0.15) is 11.3 Å². The molecule has 0 saturated carbocycles. The van der Waals surface area contributed by atoms with Crippen LogP contribution in [0.15, 0.2) is 53.7 Å². The van der Waals surface area contributed by atoms with Crippen LogP contribution in [0, 0.1) is 6.92 Å². The molecule has 0 unspecified atom stereocenters. The van der Waals surface area contributed by atoms with Crippen molar-refractivity contribution in [2.45, 2.75) is 31.2 Å². The van der Waals surface area contributed by atoms with E-state index in [0.29, 0.717) is 17.8 Å². The van der Waals surface area contributed by atoms with Gasteiger partial charge < -0.3 is 9.72 Å². The summed E-state index contributed by atoms with van der Waals surface area (Å²) < 4.78 is 25.0. The first kappa shape index (κ1) is 18.1. The van der Waals surface area contributed by atoms with Crippen LogP contribution in [0.5, 0.6) is 0 Å². The Kier molecular flexibility index (Phi) is 4.82. The van der Waals surface area contributed by atoms with Crippen LogP contribution < -0.4 is 5.32 Å². The number of carbonyl (C=O) groups is 1. The van der Waals surface area contributed by atoms with Crippen molar-refractivity contribution in [1.29, 1.82) is 0 Å². The molecule has 2 aromatic heterocycles. The predicted molar refractivity (Wildman–Crippen MR) is 100.0 cm³/mol. The summed E-state index contributed by atoms with van der Waals surface area (Å²) in [6.07, 6.45) is 5.47. The number of nitrogens with one attached hydrogen (secondary N) is 1. The summed E-state index contributed by atoms with van der Waals surface area (Å²) in [6.45, 7) is 3.94. The highest BCUT2D eigenvalue weighted by molar-refractivity contribution is 7.90. The zero-order valence-corrected chi connectivity index (χ0v) is 15.7. The van der Waals surface area contributed by atoms with Crippen molar-refractivity contribution < 1.29 is 13.2 Å². The molecular formula is C19H21N3O3S. The van der Waals surface area contributed by atoms with Crippen molar-refractivity contribution in [2.75, 3.05) is 6.26 Å². The average Bonchev–Trinajstić information content (AvgIpc) is 3.02. The number of amides is 1. The molecule has 3 rings (SSSR count). The molecule has 1 atom stereocenters. The zero-order chi connectivity index (χ0) is 18.9. The van der Waals surface area contributed by atoms with Gasteiger partial charge >= 0.3 is 0 Å². The number of hydrogen-bond donors (Lipinski definition) is 1. The van der Waals surface area contributed by atoms with E-state index < -0.39 is 9.84 Å². The standard InChI is InChI=1S/C19H21N3O3S/c1-4-16(14-6-8-15(9-7-14)26(3,24)25)21-19(23)17-12-22-11-13(2)5-10-18(22)20-17/h5-12,16H,4H2,1-3H3,(H,21,23)/t16-/m0/s1. The van der Waals surface area contributed by atoms with Crippen LogP contribution in [0.25, 0.3) is 5.65 Å². The first-order valence-electron chi connectivity index (χ1n) is 8.34. The zero-order valence-electron chi connectivity index (χ0n) is 14.9. The molecule has 6 nitrogen and oxygen atoms in total. The Morgan fingerprint density at radius 3 is 2.46 bits per heavy atom. The van der Waals surface area contributed by atoms with E-state index in [-0.39, 0.29) is 16.8 Å². The highest BCUT2D eigenvalue weighted by Crippen LogP contribution is 2.20. The van der Waals surface area contributed by atoms with E-state index in [2.05, 4.69) is 10.3 Å². The number of aryl methyl sites for hydroxylation is 1. The third-order valence-corrected chi connectivity index (χ3v) is 5.38. The van der Waals surface area contributed by atoms with Gasteiger partial charge in [-0.3, -0.25) is 4.79 Å². The van der Waals surface area contributed by atoms with Crippen LogP contribution in [-0.2, 0) is 9.84 Å². The Labute approximate surface area is 152 Å². The molecule has 0 fully saturated rings. The maximum absolute atomic E-state index is 12.6. The van der Waals surface area contributed by atoms with E-state index in [0.717, 1.165) is 11.1 Å². The van der Waals surface area contributed by atoms with Crippen molar-refractivity contribution in [3.8, 4) is 0 Å². The fourth-order valence-corrected chi connectivity index (χ4v) is 3.44. The molecule has 0 aliphatic heterocycles. The lowest BCUT2D eigenvalue weighted by molar-refractivity contribution is 0.0931. The Balaban J connectivity index is 1.81. The van der Waals surface area contributed by atoms with E-state index in [1.165, 1.54) is 6.26 Å². The third kappa shape index (κ3) is 3.77. The Morgan fingerprint density at radius 1 is 1.15 bits per heavy atom. The molecule has 26 heavy (non-hydrogen) atoms. The first-order valence-corrected chi connectivity index (χ1v) is 10.2. The van der Waals surface area contributed by atoms with E-state index in [4.69, 9.17) is 0 Å². The average molecular weight is 371 g/mol. The monoisotopic (exact) mass is 371 g/mol. The number of nitrogens with zero attached hydrogens (tertiary/aromatic N) is 2. The van der Waals surface area contributed by atoms with Crippen molar-refractivity contribution in [2.24, 2.45) is 0 Å². The molecular weight excluding hydrogens is 350 g/mol. The molecule has 0 aliphatic rings. The second-order valence-corrected chi connectivity index (χ2v) is 8.39. The van der Waals surface area contributed by atoms with Crippen LogP contribution in [0.1, 0.15) is 41.0 Å². The Bertz CT molecular complexity index is 1050. The number of benzene rings is 1. The summed E-state index contributed by atoms with van der Waals surface area (Å²) in [4.78, 5) is 17.2. The van der Waals surface area contributed by atoms with E-state index in [1.54, 1.807) is 30.5 Å². The van der Waals surface area contributed by atoms with Crippen molar-refractivity contribution >= 4 is 21.4 Å². The molecule has 0 saturated heterocycles. The number of rotatable bonds is 5. The fraction of sp³-hybridized carbons (Fsp3) is 0.263. The highest BCUT2D eigenvalue weighted by Gasteiger charge is 2.17. The molecule has 1 aromatic carbocycles. The minimum atomic E-state index is -3.24. The van der Waals surface area contributed by atoms with Gasteiger partial charge in [-0.05, 0) is 42.7 Å². The molecule has 0 aliphatic carbocycles. The maximum Gasteiger partial charge on any atom is 0.271 e. The van der Waals surface area contributed by atoms with E-state index >= 15 is 0 Å². The van der Waals surface area contributed by atoms with Crippen LogP contribution in [0.3, 0.4) is 0 Å². The van der Waals surface area contributed by atoms with Gasteiger partial charge in [-0.15, -0.1) is 0 Å². The number of imidazole rings is 1. The molecule has 0 radical (unpaired) electrons. The lowest BCUT2D eigenvalue weighted by atomic mass is 10.0. The number of aromatic nitrogens is 2. The predicted octanol–water partition coefficient (Wildman–Crippen LogP) is 2.93. The number of hydrogen-bond acceptors (Lipinski definition) is 4. The highest BCUT2D eigenvalue weighted by atomic mass is 32.2. The van der Waals surface area contributed by atoms with Gasteiger partial charge in [0.15, 0.2) is 9.84 Å². The van der Waals surface area contributed by atoms with Gasteiger partial charge in [-0.1, -0.05) is 25.1 Å². The molecule has 0 bridgehead atoms. The number of pyridine rings is 1.